The summed E-state index contributed by atoms with van der Waals surface area (Å²) in [7, 11) is 0. The fourth-order valence-electron chi connectivity index (χ4n) is 0.711. The zero-order chi connectivity index (χ0) is 10.1. The molecule has 2 nitrogen and oxygen atoms in total. The van der Waals surface area contributed by atoms with Crippen LogP contribution < -0.4 is 0 Å². The van der Waals surface area contributed by atoms with Crippen molar-refractivity contribution in [2.45, 2.75) is 40.0 Å². The van der Waals surface area contributed by atoms with E-state index in [1.165, 1.54) is 6.26 Å². The molecule has 74 valence electrons. The van der Waals surface area contributed by atoms with Crippen molar-refractivity contribution in [1.82, 2.24) is 0 Å². The highest BCUT2D eigenvalue weighted by Gasteiger charge is 2.00. The van der Waals surface area contributed by atoms with Crippen LogP contribution in [0.1, 0.15) is 40.0 Å². The molecule has 0 aromatic carbocycles. The van der Waals surface area contributed by atoms with Crippen molar-refractivity contribution in [3.05, 3.63) is 24.0 Å². The number of ether oxygens (including phenoxy) is 1. The van der Waals surface area contributed by atoms with Gasteiger partial charge in [-0.2, -0.15) is 0 Å². The molecule has 0 heterocycles. The third kappa shape index (κ3) is 6.14. The standard InChI is InChI=1S/C11H18O2/c1-4-6-7-8-9-13-11(12)10(3)5-2/h5,8-9H,4,6-7H2,1-3H3/b9-8-,10-5+. The number of hydrogen-bond donors (Lipinski definition) is 0. The van der Waals surface area contributed by atoms with Crippen LogP contribution in [0.4, 0.5) is 0 Å². The SMILES string of the molecule is C/C=C(\C)C(=O)O/C=C\CCCC. The molecule has 2 heteroatoms. The van der Waals surface area contributed by atoms with Gasteiger partial charge in [-0.1, -0.05) is 19.4 Å². The van der Waals surface area contributed by atoms with Crippen molar-refractivity contribution < 1.29 is 9.53 Å². The summed E-state index contributed by atoms with van der Waals surface area (Å²) in [5.74, 6) is -0.268. The smallest absolute Gasteiger partial charge is 0.338 e. The van der Waals surface area contributed by atoms with Crippen molar-refractivity contribution >= 4 is 5.97 Å². The van der Waals surface area contributed by atoms with Crippen molar-refractivity contribution in [3.8, 4) is 0 Å². The van der Waals surface area contributed by atoms with Crippen LogP contribution in [-0.2, 0) is 9.53 Å². The lowest BCUT2D eigenvalue weighted by molar-refractivity contribution is -0.133. The van der Waals surface area contributed by atoms with E-state index in [1.54, 1.807) is 13.0 Å². The summed E-state index contributed by atoms with van der Waals surface area (Å²) < 4.78 is 4.85. The molecule has 0 aliphatic carbocycles. The first-order valence-electron chi connectivity index (χ1n) is 4.71. The van der Waals surface area contributed by atoms with Crippen LogP contribution in [0.15, 0.2) is 24.0 Å². The van der Waals surface area contributed by atoms with E-state index in [9.17, 15) is 4.79 Å². The first-order valence-corrected chi connectivity index (χ1v) is 4.71. The predicted molar refractivity (Wildman–Crippen MR) is 54.2 cm³/mol. The molecule has 13 heavy (non-hydrogen) atoms. The minimum atomic E-state index is -0.268. The summed E-state index contributed by atoms with van der Waals surface area (Å²) in [5.41, 5.74) is 0.639. The van der Waals surface area contributed by atoms with Gasteiger partial charge in [-0.15, -0.1) is 0 Å². The Morgan fingerprint density at radius 1 is 1.46 bits per heavy atom. The summed E-state index contributed by atoms with van der Waals surface area (Å²) in [4.78, 5) is 11.1. The Kier molecular flexibility index (Phi) is 6.98. The molecular weight excluding hydrogens is 164 g/mol. The summed E-state index contributed by atoms with van der Waals surface area (Å²) in [5, 5.41) is 0. The third-order valence-electron chi connectivity index (χ3n) is 1.75. The van der Waals surface area contributed by atoms with E-state index in [0.29, 0.717) is 5.57 Å². The molecule has 0 spiro atoms. The monoisotopic (exact) mass is 182 g/mol. The number of hydrogen-bond acceptors (Lipinski definition) is 2. The van der Waals surface area contributed by atoms with Gasteiger partial charge in [0.15, 0.2) is 0 Å². The van der Waals surface area contributed by atoms with E-state index in [4.69, 9.17) is 4.74 Å². The summed E-state index contributed by atoms with van der Waals surface area (Å²) in [6.45, 7) is 5.68. The van der Waals surface area contributed by atoms with Gasteiger partial charge in [0, 0.05) is 5.57 Å². The van der Waals surface area contributed by atoms with Crippen LogP contribution in [0.5, 0.6) is 0 Å². The quantitative estimate of drug-likeness (QED) is 0.282. The van der Waals surface area contributed by atoms with Crippen molar-refractivity contribution in [2.24, 2.45) is 0 Å². The molecule has 0 bridgehead atoms. The molecular formula is C11H18O2. The molecule has 0 aromatic heterocycles. The topological polar surface area (TPSA) is 26.3 Å². The summed E-state index contributed by atoms with van der Waals surface area (Å²) in [6, 6.07) is 0. The molecule has 0 unspecified atom stereocenters. The highest BCUT2D eigenvalue weighted by Crippen LogP contribution is 1.98. The van der Waals surface area contributed by atoms with Gasteiger partial charge in [-0.3, -0.25) is 0 Å². The first-order chi connectivity index (χ1) is 6.22. The average molecular weight is 182 g/mol. The van der Waals surface area contributed by atoms with Crippen LogP contribution >= 0.6 is 0 Å². The van der Waals surface area contributed by atoms with Gasteiger partial charge in [0.25, 0.3) is 0 Å². The normalized spacial score (nSPS) is 12.1. The van der Waals surface area contributed by atoms with Crippen LogP contribution in [-0.4, -0.2) is 5.97 Å². The number of rotatable bonds is 5. The molecule has 0 fully saturated rings. The van der Waals surface area contributed by atoms with Crippen LogP contribution in [0, 0.1) is 0 Å². The number of esters is 1. The highest BCUT2D eigenvalue weighted by molar-refractivity contribution is 5.87. The first kappa shape index (κ1) is 11.9. The molecule has 0 aliphatic heterocycles. The van der Waals surface area contributed by atoms with E-state index < -0.39 is 0 Å². The van der Waals surface area contributed by atoms with E-state index in [1.807, 2.05) is 13.0 Å². The van der Waals surface area contributed by atoms with Gasteiger partial charge in [-0.05, 0) is 32.8 Å². The fourth-order valence-corrected chi connectivity index (χ4v) is 0.711. The minimum absolute atomic E-state index is 0.268. The predicted octanol–water partition coefficient (Wildman–Crippen LogP) is 3.20. The molecule has 0 radical (unpaired) electrons. The summed E-state index contributed by atoms with van der Waals surface area (Å²) >= 11 is 0. The molecule has 0 rings (SSSR count). The molecule has 0 saturated carbocycles. The molecule has 0 aliphatic rings. The van der Waals surface area contributed by atoms with Gasteiger partial charge in [0.05, 0.1) is 6.26 Å². The van der Waals surface area contributed by atoms with Crippen molar-refractivity contribution in [2.75, 3.05) is 0 Å². The van der Waals surface area contributed by atoms with Crippen LogP contribution in [0.2, 0.25) is 0 Å². The molecule has 0 atom stereocenters. The van der Waals surface area contributed by atoms with Crippen molar-refractivity contribution in [1.29, 1.82) is 0 Å². The van der Waals surface area contributed by atoms with Crippen LogP contribution in [0.25, 0.3) is 0 Å². The minimum Gasteiger partial charge on any atom is -0.431 e. The Balaban J connectivity index is 3.64. The van der Waals surface area contributed by atoms with Crippen LogP contribution in [0.3, 0.4) is 0 Å². The van der Waals surface area contributed by atoms with E-state index in [-0.39, 0.29) is 5.97 Å². The Morgan fingerprint density at radius 2 is 2.15 bits per heavy atom. The maximum Gasteiger partial charge on any atom is 0.338 e. The summed E-state index contributed by atoms with van der Waals surface area (Å²) in [6.07, 6.45) is 8.36. The van der Waals surface area contributed by atoms with Gasteiger partial charge >= 0.3 is 5.97 Å². The zero-order valence-corrected chi connectivity index (χ0v) is 8.67. The molecule has 0 aromatic rings. The second-order valence-corrected chi connectivity index (χ2v) is 2.89. The average Bonchev–Trinajstić information content (AvgIpc) is 2.16. The number of allylic oxidation sites excluding steroid dienone is 2. The Labute approximate surface area is 80.3 Å². The lowest BCUT2D eigenvalue weighted by Gasteiger charge is -1.97. The number of unbranched alkanes of at least 4 members (excludes halogenated alkanes) is 2. The van der Waals surface area contributed by atoms with E-state index in [2.05, 4.69) is 6.92 Å². The van der Waals surface area contributed by atoms with E-state index >= 15 is 0 Å². The molecule has 0 N–H and O–H groups in total. The Morgan fingerprint density at radius 3 is 2.69 bits per heavy atom. The molecule has 0 saturated heterocycles. The van der Waals surface area contributed by atoms with Gasteiger partial charge in [0.2, 0.25) is 0 Å². The van der Waals surface area contributed by atoms with Gasteiger partial charge < -0.3 is 4.74 Å². The number of carbonyl (C=O) groups is 1. The maximum atomic E-state index is 11.1. The third-order valence-corrected chi connectivity index (χ3v) is 1.75. The second-order valence-electron chi connectivity index (χ2n) is 2.89. The van der Waals surface area contributed by atoms with E-state index in [0.717, 1.165) is 19.3 Å². The van der Waals surface area contributed by atoms with Crippen molar-refractivity contribution in [3.63, 3.8) is 0 Å². The Hall–Kier alpha value is -1.05. The van der Waals surface area contributed by atoms with Gasteiger partial charge in [-0.25, -0.2) is 4.79 Å². The second kappa shape index (κ2) is 7.59. The highest BCUT2D eigenvalue weighted by atomic mass is 16.5. The van der Waals surface area contributed by atoms with Gasteiger partial charge in [0.1, 0.15) is 0 Å². The molecule has 0 amide bonds. The fraction of sp³-hybridized carbons (Fsp3) is 0.545. The number of carbonyl (C=O) groups excluding carboxylic acids is 1. The lowest BCUT2D eigenvalue weighted by Crippen LogP contribution is -2.00. The largest absolute Gasteiger partial charge is 0.431 e. The zero-order valence-electron chi connectivity index (χ0n) is 8.67. The lowest BCUT2D eigenvalue weighted by atomic mass is 10.2. The Bertz CT molecular complexity index is 202. The maximum absolute atomic E-state index is 11.1.